The molecule has 0 aliphatic carbocycles. The third kappa shape index (κ3) is 1.73. The first-order valence-corrected chi connectivity index (χ1v) is 5.19. The summed E-state index contributed by atoms with van der Waals surface area (Å²) >= 11 is 0. The minimum Gasteiger partial charge on any atom is -0.312 e. The number of nitrogens with zero attached hydrogens (tertiary/aromatic N) is 4. The molecule has 1 saturated heterocycles. The van der Waals surface area contributed by atoms with Crippen molar-refractivity contribution in [3.63, 3.8) is 0 Å². The van der Waals surface area contributed by atoms with Crippen LogP contribution in [0.5, 0.6) is 0 Å². The maximum Gasteiger partial charge on any atom is 0.227 e. The Kier molecular flexibility index (Phi) is 2.79. The van der Waals surface area contributed by atoms with Crippen LogP contribution in [-0.2, 0) is 4.79 Å². The molecule has 0 bridgehead atoms. The summed E-state index contributed by atoms with van der Waals surface area (Å²) in [5, 5.41) is 3.61. The summed E-state index contributed by atoms with van der Waals surface area (Å²) in [4.78, 5) is 16.1. The molecule has 1 amide bonds. The van der Waals surface area contributed by atoms with Gasteiger partial charge in [0.1, 0.15) is 0 Å². The Morgan fingerprint density at radius 3 is 2.94 bits per heavy atom. The first-order chi connectivity index (χ1) is 7.74. The molecule has 0 saturated carbocycles. The number of amides is 1. The first kappa shape index (κ1) is 10.5. The molecule has 0 atom stereocenters. The molecule has 0 aromatic heterocycles. The van der Waals surface area contributed by atoms with E-state index in [1.807, 2.05) is 13.0 Å². The Morgan fingerprint density at radius 2 is 2.31 bits per heavy atom. The molecule has 1 heterocycles. The highest BCUT2D eigenvalue weighted by atomic mass is 16.2. The fraction of sp³-hybridized carbons (Fsp3) is 0.364. The van der Waals surface area contributed by atoms with Gasteiger partial charge in [-0.05, 0) is 30.5 Å². The molecule has 0 spiro atoms. The summed E-state index contributed by atoms with van der Waals surface area (Å²) in [6, 6.07) is 5.44. The van der Waals surface area contributed by atoms with E-state index in [4.69, 9.17) is 5.53 Å². The van der Waals surface area contributed by atoms with Crippen LogP contribution in [0.3, 0.4) is 0 Å². The van der Waals surface area contributed by atoms with Gasteiger partial charge in [0.25, 0.3) is 0 Å². The second kappa shape index (κ2) is 4.24. The molecule has 0 unspecified atom stereocenters. The van der Waals surface area contributed by atoms with Crippen LogP contribution in [0.25, 0.3) is 10.4 Å². The molecule has 1 fully saturated rings. The quantitative estimate of drug-likeness (QED) is 0.425. The van der Waals surface area contributed by atoms with Crippen LogP contribution in [0.15, 0.2) is 23.3 Å². The lowest BCUT2D eigenvalue weighted by molar-refractivity contribution is -0.117. The predicted molar refractivity (Wildman–Crippen MR) is 61.6 cm³/mol. The standard InChI is InChI=1S/C11H12N4O/c1-8-9(13-14-12)4-2-5-10(8)15-7-3-6-11(15)16/h2,4-5H,3,6-7H2,1H3. The van der Waals surface area contributed by atoms with Gasteiger partial charge in [0.15, 0.2) is 0 Å². The van der Waals surface area contributed by atoms with Crippen molar-refractivity contribution in [2.24, 2.45) is 5.11 Å². The van der Waals surface area contributed by atoms with Gasteiger partial charge >= 0.3 is 0 Å². The van der Waals surface area contributed by atoms with Crippen molar-refractivity contribution in [3.05, 3.63) is 34.2 Å². The molecule has 0 N–H and O–H groups in total. The lowest BCUT2D eigenvalue weighted by Crippen LogP contribution is -2.24. The highest BCUT2D eigenvalue weighted by molar-refractivity contribution is 5.96. The molecular weight excluding hydrogens is 204 g/mol. The summed E-state index contributed by atoms with van der Waals surface area (Å²) in [6.07, 6.45) is 1.50. The summed E-state index contributed by atoms with van der Waals surface area (Å²) in [5.41, 5.74) is 10.7. The van der Waals surface area contributed by atoms with Gasteiger partial charge in [-0.25, -0.2) is 0 Å². The van der Waals surface area contributed by atoms with Crippen molar-refractivity contribution in [1.29, 1.82) is 0 Å². The summed E-state index contributed by atoms with van der Waals surface area (Å²) in [5.74, 6) is 0.140. The number of carbonyl (C=O) groups is 1. The van der Waals surface area contributed by atoms with E-state index in [1.54, 1.807) is 17.0 Å². The number of anilines is 1. The summed E-state index contributed by atoms with van der Waals surface area (Å²) in [7, 11) is 0. The van der Waals surface area contributed by atoms with E-state index < -0.39 is 0 Å². The highest BCUT2D eigenvalue weighted by Gasteiger charge is 2.23. The number of hydrogen-bond acceptors (Lipinski definition) is 2. The minimum atomic E-state index is 0.140. The fourth-order valence-corrected chi connectivity index (χ4v) is 1.96. The van der Waals surface area contributed by atoms with Gasteiger partial charge in [-0.15, -0.1) is 0 Å². The average Bonchev–Trinajstić information content (AvgIpc) is 2.68. The number of benzene rings is 1. The van der Waals surface area contributed by atoms with E-state index in [2.05, 4.69) is 10.0 Å². The second-order valence-electron chi connectivity index (χ2n) is 3.76. The van der Waals surface area contributed by atoms with Crippen LogP contribution in [0.4, 0.5) is 11.4 Å². The second-order valence-corrected chi connectivity index (χ2v) is 3.76. The van der Waals surface area contributed by atoms with Crippen molar-refractivity contribution >= 4 is 17.3 Å². The lowest BCUT2D eigenvalue weighted by atomic mass is 10.1. The third-order valence-electron chi connectivity index (χ3n) is 2.79. The van der Waals surface area contributed by atoms with Crippen molar-refractivity contribution in [3.8, 4) is 0 Å². The van der Waals surface area contributed by atoms with Gasteiger partial charge in [0.2, 0.25) is 5.91 Å². The minimum absolute atomic E-state index is 0.140. The van der Waals surface area contributed by atoms with Crippen LogP contribution >= 0.6 is 0 Å². The smallest absolute Gasteiger partial charge is 0.227 e. The molecular formula is C11H12N4O. The predicted octanol–water partition coefficient (Wildman–Crippen LogP) is 3.06. The lowest BCUT2D eigenvalue weighted by Gasteiger charge is -2.19. The van der Waals surface area contributed by atoms with E-state index in [0.29, 0.717) is 12.1 Å². The van der Waals surface area contributed by atoms with Crippen LogP contribution < -0.4 is 4.90 Å². The zero-order valence-electron chi connectivity index (χ0n) is 9.05. The maximum absolute atomic E-state index is 11.6. The molecule has 1 aromatic rings. The van der Waals surface area contributed by atoms with Crippen LogP contribution in [-0.4, -0.2) is 12.5 Å². The van der Waals surface area contributed by atoms with Gasteiger partial charge in [0.05, 0.1) is 0 Å². The normalized spacial score (nSPS) is 15.1. The zero-order valence-corrected chi connectivity index (χ0v) is 9.05. The van der Waals surface area contributed by atoms with E-state index in [1.165, 1.54) is 0 Å². The van der Waals surface area contributed by atoms with Crippen molar-refractivity contribution < 1.29 is 4.79 Å². The molecule has 1 aromatic carbocycles. The van der Waals surface area contributed by atoms with Crippen LogP contribution in [0.1, 0.15) is 18.4 Å². The van der Waals surface area contributed by atoms with Gasteiger partial charge in [-0.1, -0.05) is 17.2 Å². The molecule has 0 radical (unpaired) electrons. The number of rotatable bonds is 2. The third-order valence-corrected chi connectivity index (χ3v) is 2.79. The van der Waals surface area contributed by atoms with Gasteiger partial charge in [-0.3, -0.25) is 4.79 Å². The van der Waals surface area contributed by atoms with Gasteiger partial charge < -0.3 is 4.90 Å². The van der Waals surface area contributed by atoms with Gasteiger partial charge in [-0.2, -0.15) is 0 Å². The molecule has 2 rings (SSSR count). The molecule has 5 nitrogen and oxygen atoms in total. The molecule has 1 aliphatic rings. The molecule has 16 heavy (non-hydrogen) atoms. The van der Waals surface area contributed by atoms with E-state index in [-0.39, 0.29) is 5.91 Å². The zero-order chi connectivity index (χ0) is 11.5. The SMILES string of the molecule is Cc1c(N=[N+]=[N-])cccc1N1CCCC1=O. The topological polar surface area (TPSA) is 69.1 Å². The Labute approximate surface area is 93.3 Å². The molecule has 5 heteroatoms. The van der Waals surface area contributed by atoms with Crippen molar-refractivity contribution in [1.82, 2.24) is 0 Å². The Bertz CT molecular complexity index is 477. The Morgan fingerprint density at radius 1 is 1.50 bits per heavy atom. The monoisotopic (exact) mass is 216 g/mol. The molecule has 82 valence electrons. The summed E-state index contributed by atoms with van der Waals surface area (Å²) < 4.78 is 0. The summed E-state index contributed by atoms with van der Waals surface area (Å²) in [6.45, 7) is 2.62. The van der Waals surface area contributed by atoms with Crippen LogP contribution in [0, 0.1) is 6.92 Å². The highest BCUT2D eigenvalue weighted by Crippen LogP contribution is 2.31. The largest absolute Gasteiger partial charge is 0.312 e. The van der Waals surface area contributed by atoms with Crippen molar-refractivity contribution in [2.45, 2.75) is 19.8 Å². The maximum atomic E-state index is 11.6. The molecule has 1 aliphatic heterocycles. The van der Waals surface area contributed by atoms with Crippen molar-refractivity contribution in [2.75, 3.05) is 11.4 Å². The number of carbonyl (C=O) groups excluding carboxylic acids is 1. The number of hydrogen-bond donors (Lipinski definition) is 0. The Balaban J connectivity index is 2.45. The van der Waals surface area contributed by atoms with Gasteiger partial charge in [0, 0.05) is 29.3 Å². The Hall–Kier alpha value is -2.00. The first-order valence-electron chi connectivity index (χ1n) is 5.19. The van der Waals surface area contributed by atoms with Crippen LogP contribution in [0.2, 0.25) is 0 Å². The number of azide groups is 1. The van der Waals surface area contributed by atoms with E-state index >= 15 is 0 Å². The average molecular weight is 216 g/mol. The fourth-order valence-electron chi connectivity index (χ4n) is 1.96. The van der Waals surface area contributed by atoms with E-state index in [0.717, 1.165) is 24.2 Å². The van der Waals surface area contributed by atoms with E-state index in [9.17, 15) is 4.79 Å².